The number of hydrogen-bond acceptors (Lipinski definition) is 3. The first-order valence-electron chi connectivity index (χ1n) is 5.36. The molecule has 0 bridgehead atoms. The minimum atomic E-state index is -3.69. The Morgan fingerprint density at radius 2 is 1.84 bits per heavy atom. The summed E-state index contributed by atoms with van der Waals surface area (Å²) >= 11 is 11.6. The molecule has 19 heavy (non-hydrogen) atoms. The molecular formula is C11H13Cl2NO4S. The second kappa shape index (κ2) is 5.98. The second-order valence-electron chi connectivity index (χ2n) is 4.36. The number of rotatable bonds is 5. The molecule has 1 aromatic carbocycles. The third-order valence-corrected chi connectivity index (χ3v) is 4.38. The Balaban J connectivity index is 3.28. The van der Waals surface area contributed by atoms with Crippen LogP contribution in [-0.2, 0) is 10.0 Å². The molecule has 0 spiro atoms. The Bertz CT molecular complexity index is 599. The van der Waals surface area contributed by atoms with Gasteiger partial charge in [-0.1, -0.05) is 37.0 Å². The number of nitrogens with one attached hydrogen (secondary N) is 1. The molecular weight excluding hydrogens is 313 g/mol. The van der Waals surface area contributed by atoms with Gasteiger partial charge in [-0.3, -0.25) is 4.72 Å². The summed E-state index contributed by atoms with van der Waals surface area (Å²) in [7, 11) is -3.69. The lowest BCUT2D eigenvalue weighted by Gasteiger charge is -2.14. The van der Waals surface area contributed by atoms with E-state index in [0.29, 0.717) is 0 Å². The van der Waals surface area contributed by atoms with Crippen LogP contribution in [0.3, 0.4) is 0 Å². The zero-order valence-electron chi connectivity index (χ0n) is 10.3. The van der Waals surface area contributed by atoms with Crippen LogP contribution in [0.4, 0.5) is 5.69 Å². The lowest BCUT2D eigenvalue weighted by molar-refractivity contribution is 0.0698. The Labute approximate surface area is 121 Å². The lowest BCUT2D eigenvalue weighted by atomic mass is 10.2. The van der Waals surface area contributed by atoms with Crippen molar-refractivity contribution in [2.24, 2.45) is 5.92 Å². The summed E-state index contributed by atoms with van der Waals surface area (Å²) in [5, 5.41) is 8.97. The van der Waals surface area contributed by atoms with E-state index < -0.39 is 16.0 Å². The van der Waals surface area contributed by atoms with Crippen molar-refractivity contribution in [1.29, 1.82) is 0 Å². The highest BCUT2D eigenvalue weighted by atomic mass is 35.5. The highest BCUT2D eigenvalue weighted by Crippen LogP contribution is 2.32. The molecule has 0 heterocycles. The van der Waals surface area contributed by atoms with Gasteiger partial charge >= 0.3 is 5.97 Å². The van der Waals surface area contributed by atoms with Gasteiger partial charge in [0.2, 0.25) is 10.0 Å². The molecule has 0 saturated carbocycles. The van der Waals surface area contributed by atoms with E-state index in [4.69, 9.17) is 28.3 Å². The van der Waals surface area contributed by atoms with Crippen LogP contribution >= 0.6 is 23.2 Å². The fourth-order valence-corrected chi connectivity index (χ4v) is 3.48. The molecule has 0 radical (unpaired) electrons. The van der Waals surface area contributed by atoms with Gasteiger partial charge in [-0.2, -0.15) is 0 Å². The van der Waals surface area contributed by atoms with Crippen LogP contribution in [-0.4, -0.2) is 25.2 Å². The molecule has 106 valence electrons. The first-order chi connectivity index (χ1) is 8.64. The van der Waals surface area contributed by atoms with Crippen molar-refractivity contribution in [3.8, 4) is 0 Å². The van der Waals surface area contributed by atoms with Gasteiger partial charge in [0.1, 0.15) is 5.56 Å². The largest absolute Gasteiger partial charge is 0.478 e. The molecule has 2 N–H and O–H groups in total. The van der Waals surface area contributed by atoms with Gasteiger partial charge in [0, 0.05) is 0 Å². The normalized spacial score (nSPS) is 11.6. The topological polar surface area (TPSA) is 83.5 Å². The summed E-state index contributed by atoms with van der Waals surface area (Å²) in [6, 6.07) is 2.64. The second-order valence-corrected chi connectivity index (χ2v) is 6.94. The number of carboxylic acid groups (broad SMARTS) is 1. The molecule has 8 heteroatoms. The van der Waals surface area contributed by atoms with Gasteiger partial charge in [-0.15, -0.1) is 0 Å². The third-order valence-electron chi connectivity index (χ3n) is 2.13. The van der Waals surface area contributed by atoms with Crippen LogP contribution in [0.5, 0.6) is 0 Å². The number of benzene rings is 1. The highest BCUT2D eigenvalue weighted by Gasteiger charge is 2.22. The van der Waals surface area contributed by atoms with Crippen LogP contribution < -0.4 is 4.72 Å². The Kier molecular flexibility index (Phi) is 5.06. The van der Waals surface area contributed by atoms with Crippen molar-refractivity contribution in [3.05, 3.63) is 27.7 Å². The Morgan fingerprint density at radius 3 is 2.32 bits per heavy atom. The van der Waals surface area contributed by atoms with Crippen LogP contribution in [0.1, 0.15) is 24.2 Å². The van der Waals surface area contributed by atoms with Crippen LogP contribution in [0, 0.1) is 5.92 Å². The highest BCUT2D eigenvalue weighted by molar-refractivity contribution is 7.92. The predicted molar refractivity (Wildman–Crippen MR) is 75.7 cm³/mol. The quantitative estimate of drug-likeness (QED) is 0.871. The smallest absolute Gasteiger partial charge is 0.339 e. The molecule has 0 unspecified atom stereocenters. The van der Waals surface area contributed by atoms with E-state index in [1.165, 1.54) is 12.1 Å². The van der Waals surface area contributed by atoms with E-state index in [0.717, 1.165) is 0 Å². The minimum absolute atomic E-state index is 0.0193. The van der Waals surface area contributed by atoms with Gasteiger partial charge in [-0.05, 0) is 18.1 Å². The minimum Gasteiger partial charge on any atom is -0.478 e. The average molecular weight is 326 g/mol. The first kappa shape index (κ1) is 16.1. The van der Waals surface area contributed by atoms with Gasteiger partial charge < -0.3 is 5.11 Å². The van der Waals surface area contributed by atoms with E-state index in [1.54, 1.807) is 13.8 Å². The summed E-state index contributed by atoms with van der Waals surface area (Å²) in [6.07, 6.45) is 0. The fourth-order valence-electron chi connectivity index (χ4n) is 1.50. The molecule has 0 aliphatic carbocycles. The fraction of sp³-hybridized carbons (Fsp3) is 0.364. The predicted octanol–water partition coefficient (Wildman–Crippen LogP) is 3.09. The van der Waals surface area contributed by atoms with Gasteiger partial charge in [-0.25, -0.2) is 13.2 Å². The van der Waals surface area contributed by atoms with Crippen molar-refractivity contribution in [2.45, 2.75) is 13.8 Å². The molecule has 1 rings (SSSR count). The van der Waals surface area contributed by atoms with Gasteiger partial charge in [0.05, 0.1) is 21.5 Å². The molecule has 0 aromatic heterocycles. The van der Waals surface area contributed by atoms with E-state index in [2.05, 4.69) is 4.72 Å². The molecule has 0 aliphatic heterocycles. The number of hydrogen-bond donors (Lipinski definition) is 2. The van der Waals surface area contributed by atoms with Crippen LogP contribution in [0.25, 0.3) is 0 Å². The molecule has 5 nitrogen and oxygen atoms in total. The van der Waals surface area contributed by atoms with Gasteiger partial charge in [0.15, 0.2) is 0 Å². The maximum absolute atomic E-state index is 11.8. The van der Waals surface area contributed by atoms with Crippen molar-refractivity contribution in [3.63, 3.8) is 0 Å². The Morgan fingerprint density at radius 1 is 1.32 bits per heavy atom. The Hall–Kier alpha value is -0.980. The van der Waals surface area contributed by atoms with Gasteiger partial charge in [0.25, 0.3) is 0 Å². The molecule has 0 saturated heterocycles. The SMILES string of the molecule is CC(C)CS(=O)(=O)Nc1c(Cl)ccc(Cl)c1C(=O)O. The summed E-state index contributed by atoms with van der Waals surface area (Å²) < 4.78 is 25.9. The zero-order valence-corrected chi connectivity index (χ0v) is 12.6. The molecule has 0 amide bonds. The van der Waals surface area contributed by atoms with Crippen LogP contribution in [0.2, 0.25) is 10.0 Å². The number of carboxylic acids is 1. The monoisotopic (exact) mass is 325 g/mol. The molecule has 0 aliphatic rings. The molecule has 0 atom stereocenters. The van der Waals surface area contributed by atoms with E-state index in [1.807, 2.05) is 0 Å². The average Bonchev–Trinajstić information content (AvgIpc) is 2.20. The number of halogens is 2. The van der Waals surface area contributed by atoms with Crippen molar-refractivity contribution in [2.75, 3.05) is 10.5 Å². The third kappa shape index (κ3) is 4.26. The van der Waals surface area contributed by atoms with E-state index in [-0.39, 0.29) is 33.0 Å². The number of anilines is 1. The van der Waals surface area contributed by atoms with Crippen molar-refractivity contribution in [1.82, 2.24) is 0 Å². The summed E-state index contributed by atoms with van der Waals surface area (Å²) in [4.78, 5) is 11.1. The van der Waals surface area contributed by atoms with Crippen molar-refractivity contribution >= 4 is 44.9 Å². The molecule has 1 aromatic rings. The number of carbonyl (C=O) groups is 1. The number of sulfonamides is 1. The summed E-state index contributed by atoms with van der Waals surface area (Å²) in [5.41, 5.74) is -0.566. The summed E-state index contributed by atoms with van der Waals surface area (Å²) in [5.74, 6) is -1.60. The van der Waals surface area contributed by atoms with Crippen LogP contribution in [0.15, 0.2) is 12.1 Å². The van der Waals surface area contributed by atoms with Crippen molar-refractivity contribution < 1.29 is 18.3 Å². The van der Waals surface area contributed by atoms with E-state index >= 15 is 0 Å². The summed E-state index contributed by atoms with van der Waals surface area (Å²) in [6.45, 7) is 3.47. The standard InChI is InChI=1S/C11H13Cl2NO4S/c1-6(2)5-19(17,18)14-10-8(13)4-3-7(12)9(10)11(15)16/h3-4,6,14H,5H2,1-2H3,(H,15,16). The zero-order chi connectivity index (χ0) is 14.8. The van der Waals surface area contributed by atoms with E-state index in [9.17, 15) is 13.2 Å². The maximum Gasteiger partial charge on any atom is 0.339 e. The lowest BCUT2D eigenvalue weighted by Crippen LogP contribution is -2.21. The number of aromatic carboxylic acids is 1. The maximum atomic E-state index is 11.8. The molecule has 0 fully saturated rings. The first-order valence-corrected chi connectivity index (χ1v) is 7.76.